The zero-order chi connectivity index (χ0) is 36.9. The number of nitrogens with zero attached hydrogens (tertiary/aromatic N) is 1. The second-order valence-electron chi connectivity index (χ2n) is 14.0. The van der Waals surface area contributed by atoms with Crippen molar-refractivity contribution in [2.24, 2.45) is 11.8 Å². The molecule has 2 unspecified atom stereocenters. The smallest absolute Gasteiger partial charge is 0.408 e. The van der Waals surface area contributed by atoms with Crippen LogP contribution in [0.3, 0.4) is 0 Å². The van der Waals surface area contributed by atoms with Crippen molar-refractivity contribution in [1.82, 2.24) is 20.9 Å². The van der Waals surface area contributed by atoms with Crippen LogP contribution in [-0.4, -0.2) is 118 Å². The van der Waals surface area contributed by atoms with Gasteiger partial charge >= 0.3 is 6.09 Å². The standard InChI is InChI=1S/C36H60N4O9/c1-12-23(4)29(40(8)34(43)28(22(2)3)39-35(44)49-36(5,6)7)25(45-9)20-27(41)38-21-26-30(46-10)31(47-11)32(48-26)33(42)37-19-18-24-16-14-13-15-17-24/h13-17,22-23,25-26,28-32H,12,18-21H2,1-11H3,(H,37,42)(H,38,41)(H,39,44)/t23-,25+,26+,28-,29?,30+,31-,32?/m0/s1. The third kappa shape index (κ3) is 12.5. The van der Waals surface area contributed by atoms with Crippen molar-refractivity contribution in [2.75, 3.05) is 41.5 Å². The third-order valence-corrected chi connectivity index (χ3v) is 8.87. The number of ether oxygens (including phenoxy) is 5. The first kappa shape index (κ1) is 41.9. The van der Waals surface area contributed by atoms with E-state index < -0.39 is 54.3 Å². The quantitative estimate of drug-likeness (QED) is 0.211. The van der Waals surface area contributed by atoms with Crippen LogP contribution >= 0.6 is 0 Å². The van der Waals surface area contributed by atoms with Gasteiger partial charge in [0.2, 0.25) is 11.8 Å². The minimum absolute atomic E-state index is 0.0410. The molecule has 0 aromatic heterocycles. The van der Waals surface area contributed by atoms with Gasteiger partial charge in [0.05, 0.1) is 18.6 Å². The molecule has 1 aromatic carbocycles. The lowest BCUT2D eigenvalue weighted by atomic mass is 9.90. The fraction of sp³-hybridized carbons (Fsp3) is 0.722. The summed E-state index contributed by atoms with van der Waals surface area (Å²) in [4.78, 5) is 54.4. The summed E-state index contributed by atoms with van der Waals surface area (Å²) in [5.74, 6) is -1.22. The van der Waals surface area contributed by atoms with Crippen LogP contribution in [0, 0.1) is 11.8 Å². The summed E-state index contributed by atoms with van der Waals surface area (Å²) in [5, 5.41) is 8.55. The molecule has 2 rings (SSSR count). The number of amides is 4. The van der Waals surface area contributed by atoms with Crippen LogP contribution in [-0.2, 0) is 44.5 Å². The molecule has 0 spiro atoms. The predicted octanol–water partition coefficient (Wildman–Crippen LogP) is 3.09. The van der Waals surface area contributed by atoms with Crippen molar-refractivity contribution >= 4 is 23.8 Å². The van der Waals surface area contributed by atoms with E-state index in [1.807, 2.05) is 58.0 Å². The highest BCUT2D eigenvalue weighted by molar-refractivity contribution is 5.86. The van der Waals surface area contributed by atoms with Crippen LogP contribution in [0.2, 0.25) is 0 Å². The van der Waals surface area contributed by atoms with Crippen LogP contribution < -0.4 is 16.0 Å². The second kappa shape index (κ2) is 19.8. The van der Waals surface area contributed by atoms with Gasteiger partial charge in [-0.15, -0.1) is 0 Å². The average molecular weight is 693 g/mol. The molecule has 13 nitrogen and oxygen atoms in total. The zero-order valence-corrected chi connectivity index (χ0v) is 31.2. The molecule has 1 aliphatic heterocycles. The lowest BCUT2D eigenvalue weighted by molar-refractivity contribution is -0.142. The Morgan fingerprint density at radius 2 is 1.59 bits per heavy atom. The van der Waals surface area contributed by atoms with Gasteiger partial charge in [-0.1, -0.05) is 64.4 Å². The van der Waals surface area contributed by atoms with E-state index in [1.54, 1.807) is 32.7 Å². The van der Waals surface area contributed by atoms with Gasteiger partial charge in [-0.05, 0) is 44.6 Å². The van der Waals surface area contributed by atoms with Gasteiger partial charge in [-0.2, -0.15) is 0 Å². The summed E-state index contributed by atoms with van der Waals surface area (Å²) in [5.41, 5.74) is 0.382. The summed E-state index contributed by atoms with van der Waals surface area (Å²) in [7, 11) is 6.18. The first-order valence-electron chi connectivity index (χ1n) is 17.2. The normalized spacial score (nSPS) is 21.7. The fourth-order valence-electron chi connectivity index (χ4n) is 6.09. The van der Waals surface area contributed by atoms with Crippen molar-refractivity contribution in [3.8, 4) is 0 Å². The summed E-state index contributed by atoms with van der Waals surface area (Å²) in [6.07, 6.45) is -2.84. The maximum atomic E-state index is 13.8. The van der Waals surface area contributed by atoms with Crippen LogP contribution in [0.5, 0.6) is 0 Å². The van der Waals surface area contributed by atoms with Gasteiger partial charge in [0.1, 0.15) is 30.0 Å². The number of carbonyl (C=O) groups is 4. The van der Waals surface area contributed by atoms with Crippen LogP contribution in [0.25, 0.3) is 0 Å². The van der Waals surface area contributed by atoms with E-state index >= 15 is 0 Å². The maximum absolute atomic E-state index is 13.8. The predicted molar refractivity (Wildman–Crippen MR) is 186 cm³/mol. The Balaban J connectivity index is 2.08. The van der Waals surface area contributed by atoms with E-state index in [4.69, 9.17) is 23.7 Å². The number of methoxy groups -OCH3 is 3. The fourth-order valence-corrected chi connectivity index (χ4v) is 6.09. The van der Waals surface area contributed by atoms with Crippen molar-refractivity contribution < 1.29 is 42.9 Å². The van der Waals surface area contributed by atoms with Gasteiger partial charge in [-0.25, -0.2) is 4.79 Å². The Hall–Kier alpha value is -3.26. The summed E-state index contributed by atoms with van der Waals surface area (Å²) >= 11 is 0. The van der Waals surface area contributed by atoms with Crippen molar-refractivity contribution in [3.63, 3.8) is 0 Å². The first-order valence-corrected chi connectivity index (χ1v) is 17.2. The lowest BCUT2D eigenvalue weighted by Crippen LogP contribution is -2.57. The van der Waals surface area contributed by atoms with E-state index in [0.29, 0.717) is 19.4 Å². The Morgan fingerprint density at radius 3 is 2.12 bits per heavy atom. The average Bonchev–Trinajstić information content (AvgIpc) is 3.42. The molecule has 278 valence electrons. The number of carbonyl (C=O) groups excluding carboxylic acids is 4. The number of rotatable bonds is 18. The molecule has 0 bridgehead atoms. The molecule has 1 aliphatic rings. The Bertz CT molecular complexity index is 1190. The third-order valence-electron chi connectivity index (χ3n) is 8.87. The molecular formula is C36H60N4O9. The second-order valence-corrected chi connectivity index (χ2v) is 14.0. The number of benzene rings is 1. The molecule has 1 saturated heterocycles. The Kier molecular flexibility index (Phi) is 16.9. The van der Waals surface area contributed by atoms with Gasteiger partial charge in [0, 0.05) is 41.5 Å². The molecule has 1 fully saturated rings. The molecule has 0 saturated carbocycles. The Morgan fingerprint density at radius 1 is 0.959 bits per heavy atom. The number of hydrogen-bond donors (Lipinski definition) is 3. The summed E-state index contributed by atoms with van der Waals surface area (Å²) in [6.45, 7) is 13.5. The maximum Gasteiger partial charge on any atom is 0.408 e. The minimum atomic E-state index is -0.919. The molecular weight excluding hydrogens is 632 g/mol. The van der Waals surface area contributed by atoms with E-state index in [2.05, 4.69) is 16.0 Å². The van der Waals surface area contributed by atoms with Gasteiger partial charge in [-0.3, -0.25) is 14.4 Å². The first-order chi connectivity index (χ1) is 23.1. The lowest BCUT2D eigenvalue weighted by Gasteiger charge is -2.39. The summed E-state index contributed by atoms with van der Waals surface area (Å²) < 4.78 is 28.6. The largest absolute Gasteiger partial charge is 0.444 e. The van der Waals surface area contributed by atoms with Gasteiger partial charge < -0.3 is 44.5 Å². The number of hydrogen-bond acceptors (Lipinski definition) is 9. The van der Waals surface area contributed by atoms with E-state index in [0.717, 1.165) is 5.56 Å². The van der Waals surface area contributed by atoms with Crippen molar-refractivity contribution in [3.05, 3.63) is 35.9 Å². The molecule has 4 amide bonds. The molecule has 1 heterocycles. The van der Waals surface area contributed by atoms with E-state index in [1.165, 1.54) is 21.3 Å². The molecule has 0 radical (unpaired) electrons. The van der Waals surface area contributed by atoms with Crippen LogP contribution in [0.4, 0.5) is 4.79 Å². The number of alkyl carbamates (subject to hydrolysis) is 1. The van der Waals surface area contributed by atoms with E-state index in [-0.39, 0.29) is 42.5 Å². The highest BCUT2D eigenvalue weighted by Gasteiger charge is 2.48. The van der Waals surface area contributed by atoms with E-state index in [9.17, 15) is 19.2 Å². The van der Waals surface area contributed by atoms with Crippen molar-refractivity contribution in [1.29, 1.82) is 0 Å². The highest BCUT2D eigenvalue weighted by atomic mass is 16.6. The molecule has 49 heavy (non-hydrogen) atoms. The van der Waals surface area contributed by atoms with Gasteiger partial charge in [0.15, 0.2) is 6.10 Å². The Labute approximate surface area is 292 Å². The zero-order valence-electron chi connectivity index (χ0n) is 31.2. The monoisotopic (exact) mass is 692 g/mol. The minimum Gasteiger partial charge on any atom is -0.444 e. The molecule has 8 atom stereocenters. The highest BCUT2D eigenvalue weighted by Crippen LogP contribution is 2.27. The summed E-state index contributed by atoms with van der Waals surface area (Å²) in [6, 6.07) is 8.51. The van der Waals surface area contributed by atoms with Crippen molar-refractivity contribution in [2.45, 2.75) is 116 Å². The SMILES string of the molecule is CC[C@H](C)C([C@@H](CC(=O)NC[C@H]1OC(C(=O)NCCc2ccccc2)[C@@H](OC)[C@@H]1OC)OC)N(C)C(=O)[C@@H](NC(=O)OC(C)(C)C)C(C)C. The topological polar surface area (TPSA) is 154 Å². The van der Waals surface area contributed by atoms with Crippen LogP contribution in [0.1, 0.15) is 66.9 Å². The number of nitrogens with one attached hydrogen (secondary N) is 3. The molecule has 1 aromatic rings. The number of likely N-dealkylation sites (N-methyl/N-ethyl adjacent to an activating group) is 1. The van der Waals surface area contributed by atoms with Gasteiger partial charge in [0.25, 0.3) is 5.91 Å². The van der Waals surface area contributed by atoms with Crippen LogP contribution in [0.15, 0.2) is 30.3 Å². The molecule has 0 aliphatic carbocycles. The molecule has 13 heteroatoms. The molecule has 3 N–H and O–H groups in total.